The maximum absolute atomic E-state index is 12.9. The van der Waals surface area contributed by atoms with E-state index in [1.165, 1.54) is 12.3 Å². The number of nitrogens with zero attached hydrogens (tertiary/aromatic N) is 2. The minimum atomic E-state index is -0.291. The number of nitrogens with one attached hydrogen (secondary N) is 1. The third kappa shape index (κ3) is 4.23. The lowest BCUT2D eigenvalue weighted by Crippen LogP contribution is -2.42. The molecular formula is C14H22FN3O. The third-order valence-corrected chi connectivity index (χ3v) is 3.51. The molecule has 0 spiro atoms. The number of ether oxygens (including phenoxy) is 1. The Balaban J connectivity index is 1.87. The molecule has 0 radical (unpaired) electrons. The summed E-state index contributed by atoms with van der Waals surface area (Å²) in [5, 5.41) is 3.25. The molecule has 1 saturated heterocycles. The van der Waals surface area contributed by atoms with Crippen molar-refractivity contribution < 1.29 is 9.13 Å². The van der Waals surface area contributed by atoms with Crippen LogP contribution in [-0.4, -0.2) is 49.3 Å². The van der Waals surface area contributed by atoms with Crippen LogP contribution in [0.15, 0.2) is 18.3 Å². The van der Waals surface area contributed by atoms with Gasteiger partial charge >= 0.3 is 0 Å². The molecular weight excluding hydrogens is 245 g/mol. The topological polar surface area (TPSA) is 37.4 Å². The molecule has 0 aliphatic carbocycles. The molecule has 1 N–H and O–H groups in total. The fraction of sp³-hybridized carbons (Fsp3) is 0.643. The van der Waals surface area contributed by atoms with E-state index in [1.54, 1.807) is 6.07 Å². The van der Waals surface area contributed by atoms with Crippen LogP contribution in [0.5, 0.6) is 0 Å². The van der Waals surface area contributed by atoms with Crippen molar-refractivity contribution in [2.75, 3.05) is 33.3 Å². The molecule has 0 bridgehead atoms. The van der Waals surface area contributed by atoms with E-state index in [4.69, 9.17) is 4.74 Å². The highest BCUT2D eigenvalue weighted by Crippen LogP contribution is 2.16. The van der Waals surface area contributed by atoms with E-state index < -0.39 is 0 Å². The minimum absolute atomic E-state index is 0.166. The average Bonchev–Trinajstić information content (AvgIpc) is 2.41. The van der Waals surface area contributed by atoms with Gasteiger partial charge in [0.15, 0.2) is 0 Å². The Morgan fingerprint density at radius 1 is 1.58 bits per heavy atom. The largest absolute Gasteiger partial charge is 0.376 e. The van der Waals surface area contributed by atoms with Crippen molar-refractivity contribution in [3.63, 3.8) is 0 Å². The highest BCUT2D eigenvalue weighted by Gasteiger charge is 2.18. The number of morpholine rings is 1. The van der Waals surface area contributed by atoms with Crippen molar-refractivity contribution in [3.05, 3.63) is 29.8 Å². The van der Waals surface area contributed by atoms with Crippen LogP contribution in [0.25, 0.3) is 0 Å². The van der Waals surface area contributed by atoms with Crippen molar-refractivity contribution in [2.24, 2.45) is 0 Å². The zero-order chi connectivity index (χ0) is 13.7. The maximum Gasteiger partial charge on any atom is 0.141 e. The van der Waals surface area contributed by atoms with Gasteiger partial charge in [-0.05, 0) is 32.5 Å². The first kappa shape index (κ1) is 14.4. The summed E-state index contributed by atoms with van der Waals surface area (Å²) in [4.78, 5) is 6.55. The molecule has 5 heteroatoms. The Labute approximate surface area is 114 Å². The zero-order valence-corrected chi connectivity index (χ0v) is 11.6. The molecule has 0 saturated carbocycles. The number of halogens is 1. The predicted molar refractivity (Wildman–Crippen MR) is 72.5 cm³/mol. The molecule has 0 aromatic carbocycles. The first-order chi connectivity index (χ1) is 9.19. The standard InChI is InChI=1S/C14H22FN3O/c1-11-10-18(7-8-19-11)6-5-13(16-2)14-4-3-12(15)9-17-14/h3-4,9,11,13,16H,5-8,10H2,1-2H3. The summed E-state index contributed by atoms with van der Waals surface area (Å²) in [6, 6.07) is 3.38. The van der Waals surface area contributed by atoms with Gasteiger partial charge in [-0.25, -0.2) is 4.39 Å². The second-order valence-corrected chi connectivity index (χ2v) is 5.01. The first-order valence-corrected chi connectivity index (χ1v) is 6.81. The number of aromatic nitrogens is 1. The van der Waals surface area contributed by atoms with E-state index in [-0.39, 0.29) is 11.9 Å². The lowest BCUT2D eigenvalue weighted by atomic mass is 10.1. The SMILES string of the molecule is CNC(CCN1CCOC(C)C1)c1ccc(F)cn1. The lowest BCUT2D eigenvalue weighted by Gasteiger charge is -2.32. The summed E-state index contributed by atoms with van der Waals surface area (Å²) < 4.78 is 18.4. The van der Waals surface area contributed by atoms with Gasteiger partial charge < -0.3 is 10.1 Å². The summed E-state index contributed by atoms with van der Waals surface area (Å²) >= 11 is 0. The molecule has 1 aliphatic heterocycles. The second-order valence-electron chi connectivity index (χ2n) is 5.01. The predicted octanol–water partition coefficient (Wildman–Crippen LogP) is 1.59. The second kappa shape index (κ2) is 6.93. The van der Waals surface area contributed by atoms with E-state index in [1.807, 2.05) is 7.05 Å². The Bertz CT molecular complexity index is 385. The van der Waals surface area contributed by atoms with Crippen molar-refractivity contribution in [1.29, 1.82) is 0 Å². The van der Waals surface area contributed by atoms with Crippen LogP contribution in [-0.2, 0) is 4.74 Å². The fourth-order valence-corrected chi connectivity index (χ4v) is 2.44. The molecule has 1 aromatic rings. The van der Waals surface area contributed by atoms with Crippen molar-refractivity contribution in [3.8, 4) is 0 Å². The van der Waals surface area contributed by atoms with Crippen LogP contribution in [0.1, 0.15) is 25.1 Å². The van der Waals surface area contributed by atoms with Crippen molar-refractivity contribution >= 4 is 0 Å². The van der Waals surface area contributed by atoms with Gasteiger partial charge in [0.05, 0.1) is 30.6 Å². The minimum Gasteiger partial charge on any atom is -0.376 e. The number of hydrogen-bond donors (Lipinski definition) is 1. The molecule has 2 heterocycles. The van der Waals surface area contributed by atoms with Gasteiger partial charge in [0.2, 0.25) is 0 Å². The van der Waals surface area contributed by atoms with Gasteiger partial charge in [0, 0.05) is 19.6 Å². The third-order valence-electron chi connectivity index (χ3n) is 3.51. The van der Waals surface area contributed by atoms with Gasteiger partial charge in [-0.1, -0.05) is 0 Å². The van der Waals surface area contributed by atoms with Crippen LogP contribution in [0.2, 0.25) is 0 Å². The first-order valence-electron chi connectivity index (χ1n) is 6.81. The summed E-state index contributed by atoms with van der Waals surface area (Å²) in [5.74, 6) is -0.291. The Hall–Kier alpha value is -1.04. The van der Waals surface area contributed by atoms with Gasteiger partial charge in [-0.15, -0.1) is 0 Å². The molecule has 19 heavy (non-hydrogen) atoms. The lowest BCUT2D eigenvalue weighted by molar-refractivity contribution is -0.0192. The van der Waals surface area contributed by atoms with Gasteiger partial charge in [0.25, 0.3) is 0 Å². The number of hydrogen-bond acceptors (Lipinski definition) is 4. The molecule has 1 fully saturated rings. The summed E-state index contributed by atoms with van der Waals surface area (Å²) in [6.45, 7) is 5.87. The van der Waals surface area contributed by atoms with Crippen LogP contribution in [0.3, 0.4) is 0 Å². The van der Waals surface area contributed by atoms with E-state index >= 15 is 0 Å². The van der Waals surface area contributed by atoms with Gasteiger partial charge in [-0.2, -0.15) is 0 Å². The molecule has 2 atom stereocenters. The summed E-state index contributed by atoms with van der Waals surface area (Å²) in [6.07, 6.45) is 2.55. The quantitative estimate of drug-likeness (QED) is 0.879. The normalized spacial score (nSPS) is 22.4. The van der Waals surface area contributed by atoms with Crippen LogP contribution in [0, 0.1) is 5.82 Å². The molecule has 2 unspecified atom stereocenters. The fourth-order valence-electron chi connectivity index (χ4n) is 2.44. The number of rotatable bonds is 5. The zero-order valence-electron chi connectivity index (χ0n) is 11.6. The van der Waals surface area contributed by atoms with E-state index in [9.17, 15) is 4.39 Å². The van der Waals surface area contributed by atoms with E-state index in [2.05, 4.69) is 22.1 Å². The molecule has 2 rings (SSSR count). The van der Waals surface area contributed by atoms with Gasteiger partial charge in [-0.3, -0.25) is 9.88 Å². The van der Waals surface area contributed by atoms with Gasteiger partial charge in [0.1, 0.15) is 5.82 Å². The Morgan fingerprint density at radius 3 is 3.05 bits per heavy atom. The van der Waals surface area contributed by atoms with Crippen LogP contribution < -0.4 is 5.32 Å². The number of pyridine rings is 1. The Kier molecular flexibility index (Phi) is 5.24. The molecule has 1 aliphatic rings. The van der Waals surface area contributed by atoms with Crippen molar-refractivity contribution in [2.45, 2.75) is 25.5 Å². The molecule has 106 valence electrons. The average molecular weight is 267 g/mol. The Morgan fingerprint density at radius 2 is 2.42 bits per heavy atom. The monoisotopic (exact) mass is 267 g/mol. The maximum atomic E-state index is 12.9. The molecule has 1 aromatic heterocycles. The van der Waals surface area contributed by atoms with Crippen LogP contribution >= 0.6 is 0 Å². The highest BCUT2D eigenvalue weighted by atomic mass is 19.1. The summed E-state index contributed by atoms with van der Waals surface area (Å²) in [5.41, 5.74) is 0.894. The summed E-state index contributed by atoms with van der Waals surface area (Å²) in [7, 11) is 1.91. The van der Waals surface area contributed by atoms with Crippen LogP contribution in [0.4, 0.5) is 4.39 Å². The van der Waals surface area contributed by atoms with Crippen molar-refractivity contribution in [1.82, 2.24) is 15.2 Å². The smallest absolute Gasteiger partial charge is 0.141 e. The van der Waals surface area contributed by atoms with E-state index in [0.717, 1.165) is 38.4 Å². The molecule has 0 amide bonds. The molecule has 4 nitrogen and oxygen atoms in total. The highest BCUT2D eigenvalue weighted by molar-refractivity contribution is 5.09. The van der Waals surface area contributed by atoms with E-state index in [0.29, 0.717) is 6.10 Å².